The third-order valence-corrected chi connectivity index (χ3v) is 3.93. The first-order valence-corrected chi connectivity index (χ1v) is 7.14. The van der Waals surface area contributed by atoms with Gasteiger partial charge in [-0.25, -0.2) is 4.98 Å². The lowest BCUT2D eigenvalue weighted by Gasteiger charge is -2.28. The smallest absolute Gasteiger partial charge is 0.306 e. The largest absolute Gasteiger partial charge is 0.481 e. The van der Waals surface area contributed by atoms with E-state index in [1.807, 2.05) is 18.2 Å². The van der Waals surface area contributed by atoms with Crippen LogP contribution >= 0.6 is 0 Å². The number of nitrogens with zero attached hydrogens (tertiary/aromatic N) is 1. The van der Waals surface area contributed by atoms with Crippen LogP contribution in [0.4, 0.5) is 0 Å². The van der Waals surface area contributed by atoms with Crippen LogP contribution in [0, 0.1) is 11.8 Å². The molecule has 1 aromatic rings. The van der Waals surface area contributed by atoms with Crippen molar-refractivity contribution in [3.63, 3.8) is 0 Å². The molecule has 0 radical (unpaired) electrons. The van der Waals surface area contributed by atoms with Crippen LogP contribution in [0.3, 0.4) is 0 Å². The fourth-order valence-electron chi connectivity index (χ4n) is 2.83. The summed E-state index contributed by atoms with van der Waals surface area (Å²) < 4.78 is 5.08. The van der Waals surface area contributed by atoms with E-state index in [2.05, 4.69) is 10.3 Å². The highest BCUT2D eigenvalue weighted by atomic mass is 16.5. The number of carboxylic acids is 1. The molecule has 0 aromatic carbocycles. The van der Waals surface area contributed by atoms with Crippen molar-refractivity contribution in [3.8, 4) is 5.88 Å². The van der Waals surface area contributed by atoms with E-state index in [1.165, 1.54) is 0 Å². The van der Waals surface area contributed by atoms with Gasteiger partial charge in [0, 0.05) is 12.6 Å². The maximum Gasteiger partial charge on any atom is 0.306 e. The summed E-state index contributed by atoms with van der Waals surface area (Å²) in [7, 11) is 1.60. The Morgan fingerprint density at radius 3 is 3.00 bits per heavy atom. The minimum absolute atomic E-state index is 0.200. The Morgan fingerprint density at radius 2 is 2.25 bits per heavy atom. The third-order valence-electron chi connectivity index (χ3n) is 3.93. The first-order chi connectivity index (χ1) is 9.70. The number of methoxy groups -OCH3 is 1. The van der Waals surface area contributed by atoms with E-state index < -0.39 is 5.97 Å². The van der Waals surface area contributed by atoms with Gasteiger partial charge in [-0.2, -0.15) is 0 Å². The highest BCUT2D eigenvalue weighted by molar-refractivity contribution is 5.70. The molecule has 0 saturated heterocycles. The van der Waals surface area contributed by atoms with Gasteiger partial charge < -0.3 is 15.2 Å². The Bertz CT molecular complexity index is 450. The lowest BCUT2D eigenvalue weighted by atomic mass is 9.79. The summed E-state index contributed by atoms with van der Waals surface area (Å²) in [6, 6.07) is 5.65. The highest BCUT2D eigenvalue weighted by Gasteiger charge is 2.30. The average Bonchev–Trinajstić information content (AvgIpc) is 2.48. The minimum atomic E-state index is -0.656. The molecular formula is C15H22N2O3. The zero-order valence-electron chi connectivity index (χ0n) is 11.8. The Kier molecular flexibility index (Phi) is 5.35. The van der Waals surface area contributed by atoms with Gasteiger partial charge in [-0.05, 0) is 31.4 Å². The molecule has 110 valence electrons. The zero-order chi connectivity index (χ0) is 14.4. The van der Waals surface area contributed by atoms with E-state index in [9.17, 15) is 9.90 Å². The maximum atomic E-state index is 11.2. The van der Waals surface area contributed by atoms with Gasteiger partial charge in [-0.1, -0.05) is 18.9 Å². The lowest BCUT2D eigenvalue weighted by Crippen LogP contribution is -2.34. The molecule has 0 spiro atoms. The van der Waals surface area contributed by atoms with Gasteiger partial charge in [-0.15, -0.1) is 0 Å². The van der Waals surface area contributed by atoms with Crippen molar-refractivity contribution >= 4 is 5.97 Å². The van der Waals surface area contributed by atoms with Crippen molar-refractivity contribution in [2.75, 3.05) is 13.7 Å². The maximum absolute atomic E-state index is 11.2. The number of rotatable bonds is 6. The number of hydrogen-bond acceptors (Lipinski definition) is 4. The molecule has 2 unspecified atom stereocenters. The van der Waals surface area contributed by atoms with Crippen LogP contribution in [0.2, 0.25) is 0 Å². The number of hydrogen-bond donors (Lipinski definition) is 2. The molecule has 1 fully saturated rings. The van der Waals surface area contributed by atoms with Gasteiger partial charge in [0.2, 0.25) is 5.88 Å². The third kappa shape index (κ3) is 3.93. The molecule has 1 saturated carbocycles. The van der Waals surface area contributed by atoms with Gasteiger partial charge in [0.1, 0.15) is 0 Å². The molecule has 1 heterocycles. The predicted molar refractivity (Wildman–Crippen MR) is 75.6 cm³/mol. The molecule has 1 aliphatic rings. The lowest BCUT2D eigenvalue weighted by molar-refractivity contribution is -0.144. The number of aliphatic carboxylic acids is 1. The van der Waals surface area contributed by atoms with Crippen LogP contribution in [-0.4, -0.2) is 29.7 Å². The number of aromatic nitrogens is 1. The van der Waals surface area contributed by atoms with E-state index >= 15 is 0 Å². The molecule has 2 rings (SSSR count). The van der Waals surface area contributed by atoms with Crippen LogP contribution in [0.5, 0.6) is 5.88 Å². The second kappa shape index (κ2) is 7.24. The molecule has 2 atom stereocenters. The summed E-state index contributed by atoms with van der Waals surface area (Å²) in [6.07, 6.45) is 3.97. The fraction of sp³-hybridized carbons (Fsp3) is 0.600. The summed E-state index contributed by atoms with van der Waals surface area (Å²) in [5.41, 5.74) is 0.909. The summed E-state index contributed by atoms with van der Waals surface area (Å²) in [5.74, 6) is -0.0252. The van der Waals surface area contributed by atoms with Gasteiger partial charge in [0.25, 0.3) is 0 Å². The summed E-state index contributed by atoms with van der Waals surface area (Å²) in [6.45, 7) is 1.37. The highest BCUT2D eigenvalue weighted by Crippen LogP contribution is 2.29. The Morgan fingerprint density at radius 1 is 1.45 bits per heavy atom. The van der Waals surface area contributed by atoms with Crippen LogP contribution in [0.15, 0.2) is 18.2 Å². The molecule has 1 aromatic heterocycles. The van der Waals surface area contributed by atoms with Gasteiger partial charge in [0.15, 0.2) is 0 Å². The van der Waals surface area contributed by atoms with Crippen LogP contribution in [0.25, 0.3) is 0 Å². The Balaban J connectivity index is 1.83. The van der Waals surface area contributed by atoms with Crippen molar-refractivity contribution in [2.24, 2.45) is 11.8 Å². The average molecular weight is 278 g/mol. The fourth-order valence-corrected chi connectivity index (χ4v) is 2.83. The number of nitrogens with one attached hydrogen (secondary N) is 1. The van der Waals surface area contributed by atoms with E-state index in [0.717, 1.165) is 37.9 Å². The van der Waals surface area contributed by atoms with Crippen molar-refractivity contribution in [2.45, 2.75) is 32.2 Å². The Hall–Kier alpha value is -1.62. The van der Waals surface area contributed by atoms with E-state index in [1.54, 1.807) is 7.11 Å². The molecule has 1 aliphatic carbocycles. The number of carboxylic acid groups (broad SMARTS) is 1. The second-order valence-electron chi connectivity index (χ2n) is 5.29. The molecule has 0 bridgehead atoms. The second-order valence-corrected chi connectivity index (χ2v) is 5.29. The topological polar surface area (TPSA) is 71.5 Å². The first kappa shape index (κ1) is 14.8. The summed E-state index contributed by atoms with van der Waals surface area (Å²) >= 11 is 0. The molecule has 5 nitrogen and oxygen atoms in total. The molecule has 0 amide bonds. The molecule has 0 aliphatic heterocycles. The SMILES string of the molecule is COc1cccc(CNCC2CCCCC2C(=O)O)n1. The summed E-state index contributed by atoms with van der Waals surface area (Å²) in [5, 5.41) is 12.6. The van der Waals surface area contributed by atoms with Crippen LogP contribution in [0.1, 0.15) is 31.4 Å². The number of pyridine rings is 1. The number of ether oxygens (including phenoxy) is 1. The summed E-state index contributed by atoms with van der Waals surface area (Å²) in [4.78, 5) is 15.6. The molecule has 2 N–H and O–H groups in total. The predicted octanol–water partition coefficient (Wildman–Crippen LogP) is 2.07. The van der Waals surface area contributed by atoms with Crippen molar-refractivity contribution in [3.05, 3.63) is 23.9 Å². The molecule has 20 heavy (non-hydrogen) atoms. The van der Waals surface area contributed by atoms with E-state index in [0.29, 0.717) is 12.4 Å². The molecule has 5 heteroatoms. The van der Waals surface area contributed by atoms with Gasteiger partial charge in [-0.3, -0.25) is 4.79 Å². The normalized spacial score (nSPS) is 22.4. The van der Waals surface area contributed by atoms with E-state index in [-0.39, 0.29) is 11.8 Å². The number of carbonyl (C=O) groups is 1. The standard InChI is InChI=1S/C15H22N2O3/c1-20-14-8-4-6-12(17-14)10-16-9-11-5-2-3-7-13(11)15(18)19/h4,6,8,11,13,16H,2-3,5,7,9-10H2,1H3,(H,18,19). The first-order valence-electron chi connectivity index (χ1n) is 7.14. The monoisotopic (exact) mass is 278 g/mol. The van der Waals surface area contributed by atoms with Crippen molar-refractivity contribution in [1.82, 2.24) is 10.3 Å². The van der Waals surface area contributed by atoms with E-state index in [4.69, 9.17) is 4.74 Å². The Labute approximate surface area is 119 Å². The van der Waals surface area contributed by atoms with Crippen molar-refractivity contribution in [1.29, 1.82) is 0 Å². The zero-order valence-corrected chi connectivity index (χ0v) is 11.8. The van der Waals surface area contributed by atoms with Crippen molar-refractivity contribution < 1.29 is 14.6 Å². The van der Waals surface area contributed by atoms with Gasteiger partial charge in [0.05, 0.1) is 18.7 Å². The molecular weight excluding hydrogens is 256 g/mol. The van der Waals surface area contributed by atoms with Crippen LogP contribution < -0.4 is 10.1 Å². The quantitative estimate of drug-likeness (QED) is 0.833. The van der Waals surface area contributed by atoms with Gasteiger partial charge >= 0.3 is 5.97 Å². The minimum Gasteiger partial charge on any atom is -0.481 e. The van der Waals surface area contributed by atoms with Crippen LogP contribution in [-0.2, 0) is 11.3 Å².